The molecule has 2 nitrogen and oxygen atoms in total. The number of benzene rings is 3. The first-order valence-corrected chi connectivity index (χ1v) is 11.7. The summed E-state index contributed by atoms with van der Waals surface area (Å²) >= 11 is 0. The number of imidazole rings is 1. The highest BCUT2D eigenvalue weighted by Crippen LogP contribution is 2.33. The molecule has 0 radical (unpaired) electrons. The molecule has 3 heteroatoms. The molecule has 142 valence electrons. The SMILES string of the molecule is CCCC[n+]1cn(CCP(c2ccccc2)c2ccccc2)c2ccccc21. The fraction of sp³-hybridized carbons (Fsp3) is 0.240. The van der Waals surface area contributed by atoms with E-state index in [1.54, 1.807) is 0 Å². The Morgan fingerprint density at radius 1 is 0.786 bits per heavy atom. The Morgan fingerprint density at radius 3 is 2.04 bits per heavy atom. The van der Waals surface area contributed by atoms with Crippen molar-refractivity contribution in [3.8, 4) is 0 Å². The van der Waals surface area contributed by atoms with Crippen molar-refractivity contribution in [1.82, 2.24) is 4.57 Å². The minimum absolute atomic E-state index is 0.362. The van der Waals surface area contributed by atoms with E-state index in [1.807, 2.05) is 0 Å². The normalized spacial score (nSPS) is 11.4. The van der Waals surface area contributed by atoms with Gasteiger partial charge >= 0.3 is 0 Å². The molecule has 0 N–H and O–H groups in total. The van der Waals surface area contributed by atoms with Crippen LogP contribution in [0.2, 0.25) is 0 Å². The summed E-state index contributed by atoms with van der Waals surface area (Å²) in [6, 6.07) is 30.8. The topological polar surface area (TPSA) is 8.81 Å². The van der Waals surface area contributed by atoms with Crippen molar-refractivity contribution in [2.45, 2.75) is 32.9 Å². The Bertz CT molecular complexity index is 969. The van der Waals surface area contributed by atoms with Crippen molar-refractivity contribution in [2.24, 2.45) is 0 Å². The molecule has 28 heavy (non-hydrogen) atoms. The zero-order valence-corrected chi connectivity index (χ0v) is 17.4. The molecule has 0 aliphatic rings. The highest BCUT2D eigenvalue weighted by Gasteiger charge is 2.18. The zero-order chi connectivity index (χ0) is 19.2. The molecule has 0 bridgehead atoms. The number of aromatic nitrogens is 2. The van der Waals surface area contributed by atoms with E-state index in [-0.39, 0.29) is 7.92 Å². The van der Waals surface area contributed by atoms with E-state index in [9.17, 15) is 0 Å². The van der Waals surface area contributed by atoms with Crippen LogP contribution in [-0.4, -0.2) is 10.7 Å². The molecular weight excluding hydrogens is 359 g/mol. The largest absolute Gasteiger partial charge is 0.244 e. The summed E-state index contributed by atoms with van der Waals surface area (Å²) in [7, 11) is -0.362. The van der Waals surface area contributed by atoms with E-state index >= 15 is 0 Å². The first-order chi connectivity index (χ1) is 13.9. The molecule has 0 amide bonds. The van der Waals surface area contributed by atoms with Gasteiger partial charge in [-0.25, -0.2) is 9.13 Å². The lowest BCUT2D eigenvalue weighted by Gasteiger charge is -2.17. The van der Waals surface area contributed by atoms with E-state index in [1.165, 1.54) is 34.5 Å². The van der Waals surface area contributed by atoms with E-state index in [4.69, 9.17) is 0 Å². The van der Waals surface area contributed by atoms with Gasteiger partial charge in [0.15, 0.2) is 11.0 Å². The van der Waals surface area contributed by atoms with Crippen LogP contribution in [0.15, 0.2) is 91.3 Å². The molecule has 4 rings (SSSR count). The predicted molar refractivity (Wildman–Crippen MR) is 121 cm³/mol. The second-order valence-electron chi connectivity index (χ2n) is 7.17. The van der Waals surface area contributed by atoms with Gasteiger partial charge in [-0.2, -0.15) is 0 Å². The summed E-state index contributed by atoms with van der Waals surface area (Å²) in [5, 5.41) is 2.91. The summed E-state index contributed by atoms with van der Waals surface area (Å²) in [6.07, 6.45) is 5.92. The van der Waals surface area contributed by atoms with Gasteiger partial charge in [-0.3, -0.25) is 0 Å². The summed E-state index contributed by atoms with van der Waals surface area (Å²) in [4.78, 5) is 0. The molecule has 0 saturated carbocycles. The average Bonchev–Trinajstić information content (AvgIpc) is 3.12. The summed E-state index contributed by atoms with van der Waals surface area (Å²) in [5.41, 5.74) is 2.69. The summed E-state index contributed by atoms with van der Waals surface area (Å²) in [6.45, 7) is 4.39. The van der Waals surface area contributed by atoms with E-state index in [0.717, 1.165) is 19.3 Å². The lowest BCUT2D eigenvalue weighted by atomic mass is 10.3. The van der Waals surface area contributed by atoms with Gasteiger partial charge in [-0.15, -0.1) is 0 Å². The minimum atomic E-state index is -0.362. The maximum absolute atomic E-state index is 2.45. The third-order valence-corrected chi connectivity index (χ3v) is 7.72. The summed E-state index contributed by atoms with van der Waals surface area (Å²) in [5.74, 6) is 0. The average molecular weight is 387 g/mol. The highest BCUT2D eigenvalue weighted by molar-refractivity contribution is 7.73. The van der Waals surface area contributed by atoms with Crippen LogP contribution in [-0.2, 0) is 13.1 Å². The second-order valence-corrected chi connectivity index (χ2v) is 9.50. The Labute approximate surface area is 169 Å². The molecule has 0 unspecified atom stereocenters. The van der Waals surface area contributed by atoms with Crippen LogP contribution in [0.3, 0.4) is 0 Å². The predicted octanol–water partition coefficient (Wildman–Crippen LogP) is 4.86. The van der Waals surface area contributed by atoms with Crippen LogP contribution in [0.25, 0.3) is 11.0 Å². The first-order valence-electron chi connectivity index (χ1n) is 10.2. The Morgan fingerprint density at radius 2 is 1.39 bits per heavy atom. The minimum Gasteiger partial charge on any atom is -0.230 e. The lowest BCUT2D eigenvalue weighted by molar-refractivity contribution is -0.672. The number of fused-ring (bicyclic) bond motifs is 1. The molecule has 0 fully saturated rings. The standard InChI is InChI=1S/C25H28N2P/c1-2-3-18-26-21-27(25-17-11-10-16-24(25)26)19-20-28(22-12-6-4-7-13-22)23-14-8-5-9-15-23/h4-17,21H,2-3,18-20H2,1H3/q+1. The maximum atomic E-state index is 2.45. The van der Waals surface area contributed by atoms with Crippen LogP contribution in [0, 0.1) is 0 Å². The Kier molecular flexibility index (Phi) is 6.19. The number of hydrogen-bond donors (Lipinski definition) is 0. The third-order valence-electron chi connectivity index (χ3n) is 5.23. The molecule has 0 atom stereocenters. The van der Waals surface area contributed by atoms with Crippen molar-refractivity contribution in [3.63, 3.8) is 0 Å². The molecule has 1 heterocycles. The van der Waals surface area contributed by atoms with Crippen LogP contribution in [0.5, 0.6) is 0 Å². The second kappa shape index (κ2) is 9.17. The number of unbranched alkanes of at least 4 members (excludes halogenated alkanes) is 1. The molecule has 0 spiro atoms. The van der Waals surface area contributed by atoms with E-state index in [2.05, 4.69) is 107 Å². The molecule has 1 aromatic heterocycles. The van der Waals surface area contributed by atoms with Gasteiger partial charge in [0, 0.05) is 6.16 Å². The number of hydrogen-bond acceptors (Lipinski definition) is 0. The van der Waals surface area contributed by atoms with Crippen molar-refractivity contribution in [3.05, 3.63) is 91.3 Å². The Balaban J connectivity index is 1.63. The molecule has 3 aromatic carbocycles. The van der Waals surface area contributed by atoms with Crippen LogP contribution in [0.1, 0.15) is 19.8 Å². The first kappa shape index (κ1) is 18.9. The van der Waals surface area contributed by atoms with Crippen LogP contribution >= 0.6 is 7.92 Å². The number of para-hydroxylation sites is 2. The zero-order valence-electron chi connectivity index (χ0n) is 16.5. The van der Waals surface area contributed by atoms with Gasteiger partial charge in [0.05, 0.1) is 13.1 Å². The Hall–Kier alpha value is -2.44. The van der Waals surface area contributed by atoms with Crippen molar-refractivity contribution in [1.29, 1.82) is 0 Å². The third kappa shape index (κ3) is 4.18. The number of rotatable bonds is 8. The molecule has 0 aliphatic heterocycles. The van der Waals surface area contributed by atoms with Crippen molar-refractivity contribution in [2.75, 3.05) is 6.16 Å². The van der Waals surface area contributed by atoms with Crippen LogP contribution in [0.4, 0.5) is 0 Å². The number of nitrogens with zero attached hydrogens (tertiary/aromatic N) is 2. The highest BCUT2D eigenvalue weighted by atomic mass is 31.1. The molecular formula is C25H28N2P+. The van der Waals surface area contributed by atoms with Gasteiger partial charge in [0.2, 0.25) is 6.33 Å². The maximum Gasteiger partial charge on any atom is 0.244 e. The van der Waals surface area contributed by atoms with E-state index < -0.39 is 0 Å². The van der Waals surface area contributed by atoms with Gasteiger partial charge in [-0.1, -0.05) is 86.1 Å². The number of aryl methyl sites for hydroxylation is 2. The monoisotopic (exact) mass is 387 g/mol. The van der Waals surface area contributed by atoms with Crippen LogP contribution < -0.4 is 15.2 Å². The van der Waals surface area contributed by atoms with Crippen molar-refractivity contribution < 1.29 is 4.57 Å². The van der Waals surface area contributed by atoms with Gasteiger partial charge in [0.1, 0.15) is 0 Å². The van der Waals surface area contributed by atoms with Gasteiger partial charge in [0.25, 0.3) is 0 Å². The smallest absolute Gasteiger partial charge is 0.230 e. The van der Waals surface area contributed by atoms with E-state index in [0.29, 0.717) is 0 Å². The van der Waals surface area contributed by atoms with Gasteiger partial charge < -0.3 is 0 Å². The molecule has 0 saturated heterocycles. The summed E-state index contributed by atoms with van der Waals surface area (Å²) < 4.78 is 4.87. The molecule has 4 aromatic rings. The van der Waals surface area contributed by atoms with Gasteiger partial charge in [-0.05, 0) is 37.1 Å². The quantitative estimate of drug-likeness (QED) is 0.302. The van der Waals surface area contributed by atoms with Crippen molar-refractivity contribution >= 4 is 29.6 Å². The fourth-order valence-electron chi connectivity index (χ4n) is 3.76. The fourth-order valence-corrected chi connectivity index (χ4v) is 6.05. The molecule has 0 aliphatic carbocycles. The lowest BCUT2D eigenvalue weighted by Crippen LogP contribution is -2.32.